The van der Waals surface area contributed by atoms with Crippen molar-refractivity contribution in [3.05, 3.63) is 28.8 Å². The largest absolute Gasteiger partial charge is 0.477 e. The topological polar surface area (TPSA) is 54.3 Å². The number of nitrogens with one attached hydrogen (secondary N) is 1. The lowest BCUT2D eigenvalue weighted by molar-refractivity contribution is 0.199. The van der Waals surface area contributed by atoms with Crippen molar-refractivity contribution in [2.24, 2.45) is 0 Å². The van der Waals surface area contributed by atoms with Crippen LogP contribution in [0.15, 0.2) is 18.2 Å². The SMILES string of the molecule is COCCNCc1cccc(Cl)c1OCC#N. The summed E-state index contributed by atoms with van der Waals surface area (Å²) in [5.41, 5.74) is 0.934. The van der Waals surface area contributed by atoms with Gasteiger partial charge in [-0.05, 0) is 6.07 Å². The van der Waals surface area contributed by atoms with E-state index in [4.69, 9.17) is 26.3 Å². The van der Waals surface area contributed by atoms with Gasteiger partial charge in [-0.25, -0.2) is 0 Å². The predicted molar refractivity (Wildman–Crippen MR) is 66.1 cm³/mol. The highest BCUT2D eigenvalue weighted by Crippen LogP contribution is 2.28. The number of rotatable bonds is 7. The van der Waals surface area contributed by atoms with Crippen LogP contribution in [-0.2, 0) is 11.3 Å². The monoisotopic (exact) mass is 254 g/mol. The molecule has 0 spiro atoms. The Morgan fingerprint density at radius 1 is 1.47 bits per heavy atom. The maximum Gasteiger partial charge on any atom is 0.174 e. The summed E-state index contributed by atoms with van der Waals surface area (Å²) >= 11 is 6.02. The molecule has 0 saturated heterocycles. The van der Waals surface area contributed by atoms with Crippen molar-refractivity contribution in [1.29, 1.82) is 5.26 Å². The molecule has 0 aliphatic carbocycles. The van der Waals surface area contributed by atoms with E-state index in [1.165, 1.54) is 0 Å². The third-order valence-electron chi connectivity index (χ3n) is 2.13. The lowest BCUT2D eigenvalue weighted by atomic mass is 10.2. The second-order valence-corrected chi connectivity index (χ2v) is 3.75. The minimum absolute atomic E-state index is 0.00515. The lowest BCUT2D eigenvalue weighted by Crippen LogP contribution is -2.19. The summed E-state index contributed by atoms with van der Waals surface area (Å²) in [5, 5.41) is 12.2. The Hall–Kier alpha value is -1.28. The molecule has 17 heavy (non-hydrogen) atoms. The van der Waals surface area contributed by atoms with Gasteiger partial charge in [0.25, 0.3) is 0 Å². The highest BCUT2D eigenvalue weighted by atomic mass is 35.5. The Bertz CT molecular complexity index is 391. The predicted octanol–water partition coefficient (Wildman–Crippen LogP) is 1.98. The molecule has 0 saturated carbocycles. The van der Waals surface area contributed by atoms with E-state index < -0.39 is 0 Å². The Morgan fingerprint density at radius 2 is 2.29 bits per heavy atom. The van der Waals surface area contributed by atoms with Gasteiger partial charge < -0.3 is 14.8 Å². The number of nitriles is 1. The van der Waals surface area contributed by atoms with Gasteiger partial charge in [0, 0.05) is 25.8 Å². The Balaban J connectivity index is 2.63. The maximum atomic E-state index is 8.51. The fourth-order valence-corrected chi connectivity index (χ4v) is 1.60. The van der Waals surface area contributed by atoms with E-state index in [0.717, 1.165) is 12.1 Å². The van der Waals surface area contributed by atoms with Gasteiger partial charge in [0.15, 0.2) is 6.61 Å². The fourth-order valence-electron chi connectivity index (χ4n) is 1.36. The summed E-state index contributed by atoms with van der Waals surface area (Å²) in [7, 11) is 1.66. The summed E-state index contributed by atoms with van der Waals surface area (Å²) in [6.45, 7) is 2.02. The van der Waals surface area contributed by atoms with Gasteiger partial charge in [0.05, 0.1) is 11.6 Å². The van der Waals surface area contributed by atoms with E-state index in [2.05, 4.69) is 5.32 Å². The van der Waals surface area contributed by atoms with Crippen molar-refractivity contribution >= 4 is 11.6 Å². The van der Waals surface area contributed by atoms with Gasteiger partial charge in [-0.15, -0.1) is 0 Å². The van der Waals surface area contributed by atoms with Gasteiger partial charge in [-0.1, -0.05) is 23.7 Å². The molecule has 0 aromatic heterocycles. The minimum atomic E-state index is -0.00515. The smallest absolute Gasteiger partial charge is 0.174 e. The number of ether oxygens (including phenoxy) is 2. The molecule has 0 fully saturated rings. The molecule has 92 valence electrons. The van der Waals surface area contributed by atoms with E-state index in [1.807, 2.05) is 18.2 Å². The molecule has 1 rings (SSSR count). The first kappa shape index (κ1) is 13.8. The average molecular weight is 255 g/mol. The summed E-state index contributed by atoms with van der Waals surface area (Å²) < 4.78 is 10.2. The molecule has 0 aliphatic rings. The molecule has 0 atom stereocenters. The van der Waals surface area contributed by atoms with Gasteiger partial charge in [-0.2, -0.15) is 5.26 Å². The highest BCUT2D eigenvalue weighted by molar-refractivity contribution is 6.32. The second kappa shape index (κ2) is 7.91. The van der Waals surface area contributed by atoms with Crippen molar-refractivity contribution in [3.63, 3.8) is 0 Å². The normalized spacial score (nSPS) is 9.94. The number of benzene rings is 1. The quantitative estimate of drug-likeness (QED) is 0.756. The van der Waals surface area contributed by atoms with Crippen molar-refractivity contribution in [3.8, 4) is 11.8 Å². The molecule has 5 heteroatoms. The van der Waals surface area contributed by atoms with Gasteiger partial charge in [0.2, 0.25) is 0 Å². The van der Waals surface area contributed by atoms with Crippen LogP contribution in [0.5, 0.6) is 5.75 Å². The summed E-state index contributed by atoms with van der Waals surface area (Å²) in [5.74, 6) is 0.570. The first-order valence-electron chi connectivity index (χ1n) is 5.26. The maximum absolute atomic E-state index is 8.51. The van der Waals surface area contributed by atoms with Crippen molar-refractivity contribution in [2.75, 3.05) is 26.9 Å². The third-order valence-corrected chi connectivity index (χ3v) is 2.43. The zero-order valence-corrected chi connectivity index (χ0v) is 10.5. The number of para-hydroxylation sites is 1. The van der Waals surface area contributed by atoms with Crippen LogP contribution in [0.4, 0.5) is 0 Å². The van der Waals surface area contributed by atoms with Crippen LogP contribution in [0.2, 0.25) is 5.02 Å². The van der Waals surface area contributed by atoms with E-state index in [9.17, 15) is 0 Å². The molecule has 1 aromatic rings. The minimum Gasteiger partial charge on any atom is -0.477 e. The Kier molecular flexibility index (Phi) is 6.41. The first-order chi connectivity index (χ1) is 8.29. The molecule has 1 N–H and O–H groups in total. The number of nitrogens with zero attached hydrogens (tertiary/aromatic N) is 1. The second-order valence-electron chi connectivity index (χ2n) is 3.34. The van der Waals surface area contributed by atoms with E-state index >= 15 is 0 Å². The molecule has 0 aliphatic heterocycles. The molecular formula is C12H15ClN2O2. The van der Waals surface area contributed by atoms with Gasteiger partial charge in [-0.3, -0.25) is 0 Å². The standard InChI is InChI=1S/C12H15ClN2O2/c1-16-8-6-15-9-10-3-2-4-11(13)12(10)17-7-5-14/h2-4,15H,6-9H2,1H3. The van der Waals surface area contributed by atoms with Crippen LogP contribution in [0, 0.1) is 11.3 Å². The number of hydrogen-bond donors (Lipinski definition) is 1. The Morgan fingerprint density at radius 3 is 3.00 bits per heavy atom. The number of hydrogen-bond acceptors (Lipinski definition) is 4. The first-order valence-corrected chi connectivity index (χ1v) is 5.64. The number of halogens is 1. The summed E-state index contributed by atoms with van der Waals surface area (Å²) in [6.07, 6.45) is 0. The molecule has 0 radical (unpaired) electrons. The van der Waals surface area contributed by atoms with Crippen LogP contribution >= 0.6 is 11.6 Å². The molecule has 0 bridgehead atoms. The molecule has 0 heterocycles. The van der Waals surface area contributed by atoms with Crippen molar-refractivity contribution in [2.45, 2.75) is 6.54 Å². The molecule has 4 nitrogen and oxygen atoms in total. The highest BCUT2D eigenvalue weighted by Gasteiger charge is 2.07. The zero-order valence-electron chi connectivity index (χ0n) is 9.70. The van der Waals surface area contributed by atoms with Crippen LogP contribution in [0.25, 0.3) is 0 Å². The van der Waals surface area contributed by atoms with Crippen LogP contribution in [0.1, 0.15) is 5.56 Å². The molecular weight excluding hydrogens is 240 g/mol. The van der Waals surface area contributed by atoms with Crippen LogP contribution in [-0.4, -0.2) is 26.9 Å². The summed E-state index contributed by atoms with van der Waals surface area (Å²) in [6, 6.07) is 7.44. The van der Waals surface area contributed by atoms with E-state index in [-0.39, 0.29) is 6.61 Å². The number of methoxy groups -OCH3 is 1. The molecule has 1 aromatic carbocycles. The fraction of sp³-hybridized carbons (Fsp3) is 0.417. The van der Waals surface area contributed by atoms with E-state index in [0.29, 0.717) is 23.9 Å². The Labute approximate surface area is 106 Å². The average Bonchev–Trinajstić information content (AvgIpc) is 2.34. The molecule has 0 amide bonds. The van der Waals surface area contributed by atoms with Crippen LogP contribution < -0.4 is 10.1 Å². The van der Waals surface area contributed by atoms with E-state index in [1.54, 1.807) is 13.2 Å². The third kappa shape index (κ3) is 4.61. The zero-order chi connectivity index (χ0) is 12.5. The molecule has 0 unspecified atom stereocenters. The van der Waals surface area contributed by atoms with Crippen LogP contribution in [0.3, 0.4) is 0 Å². The van der Waals surface area contributed by atoms with Gasteiger partial charge in [0.1, 0.15) is 11.8 Å². The van der Waals surface area contributed by atoms with Crippen molar-refractivity contribution < 1.29 is 9.47 Å². The summed E-state index contributed by atoms with van der Waals surface area (Å²) in [4.78, 5) is 0. The lowest BCUT2D eigenvalue weighted by Gasteiger charge is -2.11. The van der Waals surface area contributed by atoms with Gasteiger partial charge >= 0.3 is 0 Å². The van der Waals surface area contributed by atoms with Crippen molar-refractivity contribution in [1.82, 2.24) is 5.32 Å².